The molecule has 1 rings (SSSR count). The molecule has 0 spiro atoms. The lowest BCUT2D eigenvalue weighted by atomic mass is 10.2. The van der Waals surface area contributed by atoms with Gasteiger partial charge in [0.05, 0.1) is 6.04 Å². The van der Waals surface area contributed by atoms with E-state index >= 15 is 0 Å². The number of nitrogens with two attached hydrogens (primary N) is 1. The fourth-order valence-corrected chi connectivity index (χ4v) is 1.92. The van der Waals surface area contributed by atoms with Gasteiger partial charge >= 0.3 is 0 Å². The second-order valence-electron chi connectivity index (χ2n) is 4.52. The van der Waals surface area contributed by atoms with Crippen LogP contribution in [-0.4, -0.2) is 56.1 Å². The van der Waals surface area contributed by atoms with Crippen LogP contribution in [0.15, 0.2) is 0 Å². The van der Waals surface area contributed by atoms with Gasteiger partial charge in [-0.25, -0.2) is 0 Å². The van der Waals surface area contributed by atoms with E-state index in [4.69, 9.17) is 10.5 Å². The maximum Gasteiger partial charge on any atom is 0.237 e. The van der Waals surface area contributed by atoms with Crippen LogP contribution in [0.1, 0.15) is 25.7 Å². The highest BCUT2D eigenvalue weighted by Gasteiger charge is 2.18. The standard InChI is InChI=1S/C12H23N3O3/c1-18-9-5-10(13)12(17)14-6-4-11(16)15-7-2-3-8-15/h10H,2-9,13H2,1H3,(H,14,17). The Morgan fingerprint density at radius 1 is 1.39 bits per heavy atom. The number of ether oxygens (including phenoxy) is 1. The lowest BCUT2D eigenvalue weighted by Crippen LogP contribution is -2.42. The molecule has 0 aromatic rings. The first kappa shape index (κ1) is 14.9. The van der Waals surface area contributed by atoms with Gasteiger partial charge in [0.1, 0.15) is 0 Å². The Morgan fingerprint density at radius 2 is 2.06 bits per heavy atom. The topological polar surface area (TPSA) is 84.7 Å². The molecule has 3 N–H and O–H groups in total. The minimum Gasteiger partial charge on any atom is -0.385 e. The second kappa shape index (κ2) is 8.05. The van der Waals surface area contributed by atoms with Gasteiger partial charge in [-0.15, -0.1) is 0 Å². The van der Waals surface area contributed by atoms with E-state index in [0.29, 0.717) is 26.0 Å². The number of hydrogen-bond acceptors (Lipinski definition) is 4. The lowest BCUT2D eigenvalue weighted by Gasteiger charge is -2.16. The van der Waals surface area contributed by atoms with Crippen LogP contribution in [0.2, 0.25) is 0 Å². The average molecular weight is 257 g/mol. The van der Waals surface area contributed by atoms with Gasteiger partial charge in [-0.2, -0.15) is 0 Å². The molecular formula is C12H23N3O3. The molecule has 0 aromatic carbocycles. The van der Waals surface area contributed by atoms with Crippen molar-refractivity contribution in [3.05, 3.63) is 0 Å². The summed E-state index contributed by atoms with van der Waals surface area (Å²) in [5, 5.41) is 2.68. The van der Waals surface area contributed by atoms with Crippen LogP contribution in [0.5, 0.6) is 0 Å². The van der Waals surface area contributed by atoms with E-state index < -0.39 is 6.04 Å². The van der Waals surface area contributed by atoms with Crippen molar-refractivity contribution in [1.82, 2.24) is 10.2 Å². The molecule has 1 aliphatic rings. The summed E-state index contributed by atoms with van der Waals surface area (Å²) in [5.41, 5.74) is 5.65. The van der Waals surface area contributed by atoms with Crippen molar-refractivity contribution in [2.75, 3.05) is 33.4 Å². The number of amides is 2. The Labute approximate surface area is 108 Å². The predicted octanol–water partition coefficient (Wildman–Crippen LogP) is -0.521. The third-order valence-electron chi connectivity index (χ3n) is 3.07. The Hall–Kier alpha value is -1.14. The van der Waals surface area contributed by atoms with E-state index in [1.54, 1.807) is 7.11 Å². The molecule has 1 heterocycles. The number of carbonyl (C=O) groups excluding carboxylic acids is 2. The zero-order valence-electron chi connectivity index (χ0n) is 11.0. The summed E-state index contributed by atoms with van der Waals surface area (Å²) in [6, 6.07) is -0.563. The van der Waals surface area contributed by atoms with E-state index in [1.165, 1.54) is 0 Å². The number of methoxy groups -OCH3 is 1. The average Bonchev–Trinajstić information content (AvgIpc) is 2.89. The molecule has 0 bridgehead atoms. The van der Waals surface area contributed by atoms with Crippen molar-refractivity contribution in [3.8, 4) is 0 Å². The van der Waals surface area contributed by atoms with Gasteiger partial charge in [-0.1, -0.05) is 0 Å². The monoisotopic (exact) mass is 257 g/mol. The zero-order chi connectivity index (χ0) is 13.4. The van der Waals surface area contributed by atoms with Gasteiger partial charge in [0.15, 0.2) is 0 Å². The van der Waals surface area contributed by atoms with Gasteiger partial charge < -0.3 is 20.7 Å². The first-order chi connectivity index (χ1) is 8.65. The third-order valence-corrected chi connectivity index (χ3v) is 3.07. The van der Waals surface area contributed by atoms with E-state index in [-0.39, 0.29) is 11.8 Å². The number of carbonyl (C=O) groups is 2. The van der Waals surface area contributed by atoms with Crippen LogP contribution in [0.25, 0.3) is 0 Å². The summed E-state index contributed by atoms with van der Waals surface area (Å²) in [4.78, 5) is 25.1. The minimum atomic E-state index is -0.563. The summed E-state index contributed by atoms with van der Waals surface area (Å²) in [6.45, 7) is 2.51. The van der Waals surface area contributed by atoms with E-state index in [9.17, 15) is 9.59 Å². The molecule has 0 aromatic heterocycles. The number of nitrogens with one attached hydrogen (secondary N) is 1. The van der Waals surface area contributed by atoms with Gasteiger partial charge in [-0.05, 0) is 19.3 Å². The number of likely N-dealkylation sites (tertiary alicyclic amines) is 1. The lowest BCUT2D eigenvalue weighted by molar-refractivity contribution is -0.130. The van der Waals surface area contributed by atoms with Crippen molar-refractivity contribution in [3.63, 3.8) is 0 Å². The first-order valence-electron chi connectivity index (χ1n) is 6.45. The quantitative estimate of drug-likeness (QED) is 0.642. The van der Waals surface area contributed by atoms with Crippen LogP contribution >= 0.6 is 0 Å². The smallest absolute Gasteiger partial charge is 0.237 e. The van der Waals surface area contributed by atoms with E-state index in [2.05, 4.69) is 5.32 Å². The van der Waals surface area contributed by atoms with Crippen LogP contribution in [-0.2, 0) is 14.3 Å². The second-order valence-corrected chi connectivity index (χ2v) is 4.52. The van der Waals surface area contributed by atoms with Crippen LogP contribution < -0.4 is 11.1 Å². The third kappa shape index (κ3) is 5.01. The Bertz CT molecular complexity index is 278. The summed E-state index contributed by atoms with van der Waals surface area (Å²) in [5.74, 6) is -0.112. The highest BCUT2D eigenvalue weighted by atomic mass is 16.5. The normalized spacial score (nSPS) is 16.7. The Balaban J connectivity index is 2.12. The van der Waals surface area contributed by atoms with Gasteiger partial charge in [0, 0.05) is 39.8 Å². The van der Waals surface area contributed by atoms with E-state index in [1.807, 2.05) is 4.90 Å². The van der Waals surface area contributed by atoms with Crippen molar-refractivity contribution in [2.24, 2.45) is 5.73 Å². The summed E-state index contributed by atoms with van der Waals surface area (Å²) in [6.07, 6.45) is 3.01. The largest absolute Gasteiger partial charge is 0.385 e. The molecule has 1 saturated heterocycles. The van der Waals surface area contributed by atoms with Crippen LogP contribution in [0.3, 0.4) is 0 Å². The molecule has 6 heteroatoms. The molecule has 1 unspecified atom stereocenters. The Morgan fingerprint density at radius 3 is 2.67 bits per heavy atom. The van der Waals surface area contributed by atoms with Crippen LogP contribution in [0, 0.1) is 0 Å². The van der Waals surface area contributed by atoms with Crippen LogP contribution in [0.4, 0.5) is 0 Å². The molecule has 2 amide bonds. The van der Waals surface area contributed by atoms with Gasteiger partial charge in [0.2, 0.25) is 11.8 Å². The summed E-state index contributed by atoms with van der Waals surface area (Å²) < 4.78 is 4.85. The molecule has 0 saturated carbocycles. The SMILES string of the molecule is COCCC(N)C(=O)NCCC(=O)N1CCCC1. The highest BCUT2D eigenvalue weighted by molar-refractivity contribution is 5.82. The fourth-order valence-electron chi connectivity index (χ4n) is 1.92. The van der Waals surface area contributed by atoms with E-state index in [0.717, 1.165) is 25.9 Å². The minimum absolute atomic E-state index is 0.110. The van der Waals surface area contributed by atoms with Crippen molar-refractivity contribution in [1.29, 1.82) is 0 Å². The van der Waals surface area contributed by atoms with Crippen molar-refractivity contribution >= 4 is 11.8 Å². The molecule has 6 nitrogen and oxygen atoms in total. The molecule has 1 aliphatic heterocycles. The number of hydrogen-bond donors (Lipinski definition) is 2. The summed E-state index contributed by atoms with van der Waals surface area (Å²) in [7, 11) is 1.57. The maximum atomic E-state index is 11.7. The molecule has 0 aliphatic carbocycles. The molecule has 104 valence electrons. The molecule has 1 atom stereocenters. The summed E-state index contributed by atoms with van der Waals surface area (Å²) >= 11 is 0. The maximum absolute atomic E-state index is 11.7. The zero-order valence-corrected chi connectivity index (χ0v) is 11.0. The molecule has 0 radical (unpaired) electrons. The molecular weight excluding hydrogens is 234 g/mol. The van der Waals surface area contributed by atoms with Crippen molar-refractivity contribution < 1.29 is 14.3 Å². The molecule has 1 fully saturated rings. The Kier molecular flexibility index (Phi) is 6.67. The highest BCUT2D eigenvalue weighted by Crippen LogP contribution is 2.08. The van der Waals surface area contributed by atoms with Crippen molar-refractivity contribution in [2.45, 2.75) is 31.7 Å². The van der Waals surface area contributed by atoms with Gasteiger partial charge in [-0.3, -0.25) is 9.59 Å². The first-order valence-corrected chi connectivity index (χ1v) is 6.45. The number of nitrogens with zero attached hydrogens (tertiary/aromatic N) is 1. The predicted molar refractivity (Wildman–Crippen MR) is 67.9 cm³/mol. The van der Waals surface area contributed by atoms with Gasteiger partial charge in [0.25, 0.3) is 0 Å². The number of rotatable bonds is 7. The fraction of sp³-hybridized carbons (Fsp3) is 0.833. The molecule has 18 heavy (non-hydrogen) atoms.